The molecule has 0 atom stereocenters. The van der Waals surface area contributed by atoms with Crippen LogP contribution in [0.25, 0.3) is 0 Å². The van der Waals surface area contributed by atoms with Crippen molar-refractivity contribution in [3.8, 4) is 0 Å². The Hall–Kier alpha value is -1.30. The van der Waals surface area contributed by atoms with E-state index in [0.717, 1.165) is 25.9 Å². The lowest BCUT2D eigenvalue weighted by atomic mass is 10.3. The van der Waals surface area contributed by atoms with Gasteiger partial charge in [0.15, 0.2) is 5.16 Å². The van der Waals surface area contributed by atoms with Crippen molar-refractivity contribution in [2.45, 2.75) is 18.0 Å². The average Bonchev–Trinajstić information content (AvgIpc) is 2.81. The van der Waals surface area contributed by atoms with Crippen molar-refractivity contribution in [1.82, 2.24) is 9.97 Å². The average molecular weight is 239 g/mol. The summed E-state index contributed by atoms with van der Waals surface area (Å²) in [4.78, 5) is 21.4. The summed E-state index contributed by atoms with van der Waals surface area (Å²) in [6.07, 6.45) is 5.47. The van der Waals surface area contributed by atoms with E-state index in [-0.39, 0.29) is 5.56 Å². The topological polar surface area (TPSA) is 66.3 Å². The molecule has 1 aliphatic rings. The highest BCUT2D eigenvalue weighted by atomic mass is 32.2. The molecule has 86 valence electrons. The molecule has 0 unspecified atom stereocenters. The van der Waals surface area contributed by atoms with Gasteiger partial charge in [0, 0.05) is 19.3 Å². The number of aromatic nitrogens is 2. The standard InChI is InChI=1S/C10H13N3O2S/c1-16-10-11-6-7(9(14)15)8(12-10)13-4-2-3-5-13/h6H,2-5H2,1H3,(H,14,15). The first-order valence-electron chi connectivity index (χ1n) is 5.11. The summed E-state index contributed by atoms with van der Waals surface area (Å²) < 4.78 is 0. The number of carboxylic acid groups (broad SMARTS) is 1. The van der Waals surface area contributed by atoms with Crippen LogP contribution in [0, 0.1) is 0 Å². The molecule has 1 saturated heterocycles. The Morgan fingerprint density at radius 2 is 2.19 bits per heavy atom. The van der Waals surface area contributed by atoms with E-state index in [4.69, 9.17) is 5.11 Å². The van der Waals surface area contributed by atoms with Gasteiger partial charge in [0.1, 0.15) is 11.4 Å². The van der Waals surface area contributed by atoms with Crippen molar-refractivity contribution in [2.24, 2.45) is 0 Å². The SMILES string of the molecule is CSc1ncc(C(=O)O)c(N2CCCC2)n1. The largest absolute Gasteiger partial charge is 0.477 e. The maximum atomic E-state index is 11.1. The molecular formula is C10H13N3O2S. The Morgan fingerprint density at radius 3 is 2.75 bits per heavy atom. The number of carboxylic acids is 1. The van der Waals surface area contributed by atoms with Gasteiger partial charge in [0.25, 0.3) is 0 Å². The lowest BCUT2D eigenvalue weighted by molar-refractivity contribution is 0.0696. The van der Waals surface area contributed by atoms with Crippen LogP contribution in [0.2, 0.25) is 0 Å². The molecule has 0 amide bonds. The van der Waals surface area contributed by atoms with Gasteiger partial charge in [-0.1, -0.05) is 11.8 Å². The second kappa shape index (κ2) is 4.69. The first kappa shape index (κ1) is 11.2. The highest BCUT2D eigenvalue weighted by Crippen LogP contribution is 2.24. The fraction of sp³-hybridized carbons (Fsp3) is 0.500. The molecule has 1 fully saturated rings. The van der Waals surface area contributed by atoms with Crippen molar-refractivity contribution in [3.63, 3.8) is 0 Å². The molecule has 0 radical (unpaired) electrons. The van der Waals surface area contributed by atoms with Gasteiger partial charge < -0.3 is 10.0 Å². The van der Waals surface area contributed by atoms with Gasteiger partial charge in [-0.25, -0.2) is 14.8 Å². The van der Waals surface area contributed by atoms with Crippen LogP contribution in [-0.4, -0.2) is 40.4 Å². The summed E-state index contributed by atoms with van der Waals surface area (Å²) in [5.41, 5.74) is 0.194. The maximum absolute atomic E-state index is 11.1. The molecule has 2 heterocycles. The Bertz CT molecular complexity index is 405. The van der Waals surface area contributed by atoms with Crippen LogP contribution in [0.15, 0.2) is 11.4 Å². The van der Waals surface area contributed by atoms with Gasteiger partial charge in [-0.15, -0.1) is 0 Å². The molecule has 6 heteroatoms. The summed E-state index contributed by atoms with van der Waals surface area (Å²) in [6.45, 7) is 1.76. The van der Waals surface area contributed by atoms with Crippen LogP contribution in [0.1, 0.15) is 23.2 Å². The summed E-state index contributed by atoms with van der Waals surface area (Å²) in [7, 11) is 0. The van der Waals surface area contributed by atoms with Gasteiger partial charge in [0.2, 0.25) is 0 Å². The van der Waals surface area contributed by atoms with E-state index in [0.29, 0.717) is 11.0 Å². The van der Waals surface area contributed by atoms with Crippen LogP contribution < -0.4 is 4.90 Å². The summed E-state index contributed by atoms with van der Waals surface area (Å²) in [5, 5.41) is 9.69. The van der Waals surface area contributed by atoms with Gasteiger partial charge in [-0.2, -0.15) is 0 Å². The summed E-state index contributed by atoms with van der Waals surface area (Å²) >= 11 is 1.42. The molecule has 2 rings (SSSR count). The number of rotatable bonds is 3. The third-order valence-corrected chi connectivity index (χ3v) is 3.13. The smallest absolute Gasteiger partial charge is 0.341 e. The van der Waals surface area contributed by atoms with Crippen LogP contribution >= 0.6 is 11.8 Å². The molecule has 0 spiro atoms. The second-order valence-electron chi connectivity index (χ2n) is 3.59. The van der Waals surface area contributed by atoms with Gasteiger partial charge in [0.05, 0.1) is 0 Å². The lowest BCUT2D eigenvalue weighted by Gasteiger charge is -2.18. The van der Waals surface area contributed by atoms with Crippen molar-refractivity contribution in [3.05, 3.63) is 11.8 Å². The van der Waals surface area contributed by atoms with E-state index < -0.39 is 5.97 Å². The fourth-order valence-corrected chi connectivity index (χ4v) is 2.11. The van der Waals surface area contributed by atoms with E-state index in [1.54, 1.807) is 0 Å². The van der Waals surface area contributed by atoms with Crippen molar-refractivity contribution in [1.29, 1.82) is 0 Å². The highest BCUT2D eigenvalue weighted by Gasteiger charge is 2.21. The number of aromatic carboxylic acids is 1. The zero-order valence-electron chi connectivity index (χ0n) is 9.01. The highest BCUT2D eigenvalue weighted by molar-refractivity contribution is 7.98. The Morgan fingerprint density at radius 1 is 1.50 bits per heavy atom. The number of nitrogens with zero attached hydrogens (tertiary/aromatic N) is 3. The summed E-state index contributed by atoms with van der Waals surface area (Å²) in [6, 6.07) is 0. The Balaban J connectivity index is 2.40. The minimum absolute atomic E-state index is 0.194. The molecule has 0 aromatic carbocycles. The van der Waals surface area contributed by atoms with E-state index in [1.807, 2.05) is 11.2 Å². The van der Waals surface area contributed by atoms with Crippen LogP contribution in [0.3, 0.4) is 0 Å². The minimum Gasteiger partial charge on any atom is -0.477 e. The van der Waals surface area contributed by atoms with Crippen LogP contribution in [0.5, 0.6) is 0 Å². The molecule has 16 heavy (non-hydrogen) atoms. The molecule has 1 aromatic rings. The molecule has 1 aromatic heterocycles. The Kier molecular flexibility index (Phi) is 3.28. The van der Waals surface area contributed by atoms with Gasteiger partial charge in [-0.3, -0.25) is 0 Å². The number of carbonyl (C=O) groups is 1. The quantitative estimate of drug-likeness (QED) is 0.637. The second-order valence-corrected chi connectivity index (χ2v) is 4.37. The third-order valence-electron chi connectivity index (χ3n) is 2.57. The lowest BCUT2D eigenvalue weighted by Crippen LogP contribution is -2.22. The maximum Gasteiger partial charge on any atom is 0.341 e. The zero-order chi connectivity index (χ0) is 11.5. The molecule has 1 N–H and O–H groups in total. The van der Waals surface area contributed by atoms with Gasteiger partial charge >= 0.3 is 5.97 Å². The van der Waals surface area contributed by atoms with Crippen molar-refractivity contribution >= 4 is 23.5 Å². The van der Waals surface area contributed by atoms with Crippen LogP contribution in [-0.2, 0) is 0 Å². The third kappa shape index (κ3) is 2.11. The van der Waals surface area contributed by atoms with Crippen LogP contribution in [0.4, 0.5) is 5.82 Å². The monoisotopic (exact) mass is 239 g/mol. The predicted molar refractivity (Wildman–Crippen MR) is 62.2 cm³/mol. The zero-order valence-corrected chi connectivity index (χ0v) is 9.83. The number of hydrogen-bond donors (Lipinski definition) is 1. The van der Waals surface area contributed by atoms with Crippen molar-refractivity contribution in [2.75, 3.05) is 24.2 Å². The first-order chi connectivity index (χ1) is 7.72. The van der Waals surface area contributed by atoms with E-state index >= 15 is 0 Å². The number of anilines is 1. The first-order valence-corrected chi connectivity index (χ1v) is 6.34. The number of thioether (sulfide) groups is 1. The molecule has 5 nitrogen and oxygen atoms in total. The predicted octanol–water partition coefficient (Wildman–Crippen LogP) is 1.50. The minimum atomic E-state index is -0.963. The molecule has 0 bridgehead atoms. The van der Waals surface area contributed by atoms with E-state index in [9.17, 15) is 4.79 Å². The molecule has 1 aliphatic heterocycles. The normalized spacial score (nSPS) is 15.4. The van der Waals surface area contributed by atoms with Crippen molar-refractivity contribution < 1.29 is 9.90 Å². The number of hydrogen-bond acceptors (Lipinski definition) is 5. The Labute approximate surface area is 97.9 Å². The molecule has 0 aliphatic carbocycles. The molecular weight excluding hydrogens is 226 g/mol. The fourth-order valence-electron chi connectivity index (χ4n) is 1.78. The van der Waals surface area contributed by atoms with E-state index in [2.05, 4.69) is 9.97 Å². The summed E-state index contributed by atoms with van der Waals surface area (Å²) in [5.74, 6) is -0.404. The molecule has 0 saturated carbocycles. The van der Waals surface area contributed by atoms with E-state index in [1.165, 1.54) is 18.0 Å². The van der Waals surface area contributed by atoms with Gasteiger partial charge in [-0.05, 0) is 19.1 Å².